The van der Waals surface area contributed by atoms with Crippen LogP contribution in [-0.4, -0.2) is 38.2 Å². The van der Waals surface area contributed by atoms with Crippen LogP contribution in [0.4, 0.5) is 26.1 Å². The third-order valence-corrected chi connectivity index (χ3v) is 8.33. The number of benzene rings is 2. The molecule has 2 aromatic heterocycles. The van der Waals surface area contributed by atoms with Gasteiger partial charge in [-0.1, -0.05) is 31.0 Å². The number of hydrogen-bond donors (Lipinski definition) is 2. The normalized spacial score (nSPS) is 18.8. The van der Waals surface area contributed by atoms with E-state index in [1.54, 1.807) is 29.6 Å². The van der Waals surface area contributed by atoms with Crippen LogP contribution >= 0.6 is 11.6 Å². The zero-order chi connectivity index (χ0) is 30.8. The van der Waals surface area contributed by atoms with Crippen molar-refractivity contribution in [2.75, 3.05) is 17.2 Å². The molecule has 11 heteroatoms. The molecule has 0 saturated carbocycles. The summed E-state index contributed by atoms with van der Waals surface area (Å²) in [5, 5.41) is 6.06. The van der Waals surface area contributed by atoms with Crippen molar-refractivity contribution in [3.8, 4) is 11.1 Å². The van der Waals surface area contributed by atoms with Crippen molar-refractivity contribution in [3.63, 3.8) is 0 Å². The number of nitrogens with one attached hydrogen (secondary N) is 2. The molecule has 0 saturated heterocycles. The summed E-state index contributed by atoms with van der Waals surface area (Å²) >= 11 is 5.91. The van der Waals surface area contributed by atoms with Gasteiger partial charge in [0, 0.05) is 48.4 Å². The average Bonchev–Trinajstić information content (AvgIpc) is 3.02. The van der Waals surface area contributed by atoms with E-state index in [1.165, 1.54) is 6.08 Å². The van der Waals surface area contributed by atoms with Gasteiger partial charge in [0.1, 0.15) is 5.82 Å². The minimum atomic E-state index is -0.875. The number of nitrogens with zero attached hydrogens (tertiary/aromatic N) is 4. The third-order valence-electron chi connectivity index (χ3n) is 8.04. The number of fused-ring (bicyclic) bond motifs is 4. The zero-order valence-electron chi connectivity index (χ0n) is 23.9. The van der Waals surface area contributed by atoms with Crippen LogP contribution in [0.2, 0.25) is 5.02 Å². The van der Waals surface area contributed by atoms with Gasteiger partial charge in [-0.25, -0.2) is 18.7 Å². The van der Waals surface area contributed by atoms with Crippen molar-refractivity contribution in [2.24, 2.45) is 5.92 Å². The molecule has 0 radical (unpaired) electrons. The van der Waals surface area contributed by atoms with Crippen molar-refractivity contribution in [1.29, 1.82) is 0 Å². The Balaban J connectivity index is 1.36. The number of aromatic nitrogens is 3. The summed E-state index contributed by atoms with van der Waals surface area (Å²) in [7, 11) is 0. The van der Waals surface area contributed by atoms with Gasteiger partial charge in [-0.05, 0) is 72.9 Å². The second-order valence-electron chi connectivity index (χ2n) is 10.9. The van der Waals surface area contributed by atoms with Crippen molar-refractivity contribution >= 4 is 46.3 Å². The van der Waals surface area contributed by atoms with Crippen LogP contribution in [0.15, 0.2) is 73.2 Å². The van der Waals surface area contributed by atoms with Crippen LogP contribution in [-0.2, 0) is 9.59 Å². The lowest BCUT2D eigenvalue weighted by Gasteiger charge is -2.34. The van der Waals surface area contributed by atoms with Gasteiger partial charge in [-0.3, -0.25) is 14.6 Å². The van der Waals surface area contributed by atoms with Crippen LogP contribution in [0.3, 0.4) is 0 Å². The number of anilines is 3. The van der Waals surface area contributed by atoms with E-state index in [4.69, 9.17) is 11.6 Å². The fourth-order valence-electron chi connectivity index (χ4n) is 5.72. The number of halogens is 3. The van der Waals surface area contributed by atoms with E-state index < -0.39 is 17.7 Å². The Hall–Kier alpha value is -4.70. The smallest absolute Gasteiger partial charge is 0.247 e. The van der Waals surface area contributed by atoms with Crippen LogP contribution in [0.25, 0.3) is 16.7 Å². The molecule has 0 aliphatic carbocycles. The molecule has 0 fully saturated rings. The van der Waals surface area contributed by atoms with Crippen molar-refractivity contribution in [2.45, 2.75) is 38.6 Å². The fourth-order valence-corrected chi connectivity index (χ4v) is 5.88. The van der Waals surface area contributed by atoms with Crippen molar-refractivity contribution in [3.05, 3.63) is 101 Å². The summed E-state index contributed by atoms with van der Waals surface area (Å²) in [5.41, 5.74) is 3.61. The lowest BCUT2D eigenvalue weighted by Crippen LogP contribution is -2.38. The number of carbonyl (C=O) groups excluding carboxylic acids is 2. The van der Waals surface area contributed by atoms with Crippen LogP contribution in [0, 0.1) is 17.6 Å². The predicted molar refractivity (Wildman–Crippen MR) is 165 cm³/mol. The molecule has 2 aliphatic heterocycles. The number of hydrogen-bond acceptors (Lipinski definition) is 6. The molecule has 8 nitrogen and oxygen atoms in total. The molecule has 2 atom stereocenters. The highest BCUT2D eigenvalue weighted by Crippen LogP contribution is 2.38. The minimum absolute atomic E-state index is 0.113. The Labute approximate surface area is 258 Å². The first-order valence-electron chi connectivity index (χ1n) is 14.4. The summed E-state index contributed by atoms with van der Waals surface area (Å²) in [5.74, 6) is -1.97. The fraction of sp³-hybridized carbons (Fsp3) is 0.242. The van der Waals surface area contributed by atoms with Gasteiger partial charge in [0.25, 0.3) is 0 Å². The Bertz CT molecular complexity index is 1770. The summed E-state index contributed by atoms with van der Waals surface area (Å²) in [6.45, 7) is 2.12. The molecule has 6 rings (SSSR count). The topological polar surface area (TPSA) is 100 Å². The van der Waals surface area contributed by atoms with Gasteiger partial charge in [-0.15, -0.1) is 0 Å². The molecule has 2 aliphatic rings. The van der Waals surface area contributed by atoms with Crippen LogP contribution in [0.1, 0.15) is 49.9 Å². The monoisotopic (exact) mass is 614 g/mol. The number of amides is 2. The average molecular weight is 615 g/mol. The summed E-state index contributed by atoms with van der Waals surface area (Å²) in [6, 6.07) is 13.0. The Morgan fingerprint density at radius 1 is 1.00 bits per heavy atom. The van der Waals surface area contributed by atoms with E-state index in [2.05, 4.69) is 25.6 Å². The van der Waals surface area contributed by atoms with Crippen molar-refractivity contribution in [1.82, 2.24) is 19.9 Å². The van der Waals surface area contributed by atoms with E-state index in [0.29, 0.717) is 42.3 Å². The van der Waals surface area contributed by atoms with Gasteiger partial charge >= 0.3 is 0 Å². The summed E-state index contributed by atoms with van der Waals surface area (Å²) < 4.78 is 29.4. The number of pyridine rings is 1. The first kappa shape index (κ1) is 29.4. The zero-order valence-corrected chi connectivity index (χ0v) is 24.6. The Morgan fingerprint density at radius 3 is 2.61 bits per heavy atom. The maximum Gasteiger partial charge on any atom is 0.247 e. The summed E-state index contributed by atoms with van der Waals surface area (Å²) in [4.78, 5) is 41.6. The highest BCUT2D eigenvalue weighted by Gasteiger charge is 2.31. The molecule has 2 aromatic carbocycles. The molecule has 224 valence electrons. The van der Waals surface area contributed by atoms with Crippen molar-refractivity contribution < 1.29 is 18.4 Å². The van der Waals surface area contributed by atoms with Gasteiger partial charge < -0.3 is 15.5 Å². The highest BCUT2D eigenvalue weighted by molar-refractivity contribution is 6.31. The molecular weight excluding hydrogens is 586 g/mol. The van der Waals surface area contributed by atoms with Gasteiger partial charge in [-0.2, -0.15) is 0 Å². The molecule has 2 N–H and O–H groups in total. The molecule has 4 aromatic rings. The molecule has 4 heterocycles. The summed E-state index contributed by atoms with van der Waals surface area (Å²) in [6.07, 6.45) is 8.32. The molecule has 0 spiro atoms. The maximum absolute atomic E-state index is 14.8. The van der Waals surface area contributed by atoms with E-state index in [1.807, 2.05) is 37.3 Å². The molecule has 2 amide bonds. The quantitative estimate of drug-likeness (QED) is 0.234. The lowest BCUT2D eigenvalue weighted by atomic mass is 9.92. The minimum Gasteiger partial charge on any atom is -0.330 e. The lowest BCUT2D eigenvalue weighted by molar-refractivity contribution is -0.129. The van der Waals surface area contributed by atoms with E-state index >= 15 is 0 Å². The standard InChI is InChI=1S/C33H29ClF2N6O2/c1-19-4-2-5-28(42-15-11-21(17-29(42)43)30-25(35)9-8-24(34)31(30)36)27-16-20(10-14-37-27)23-7-6-22(18-26(23)41-32(19)44)40-33-38-12-3-13-39-33/h3,6-10,12-14,16-19,28H,2,4-5,11,15H2,1H3,(H,41,44)(H,38,39,40). The second kappa shape index (κ2) is 12.5. The van der Waals surface area contributed by atoms with Gasteiger partial charge in [0.15, 0.2) is 5.82 Å². The SMILES string of the molecule is CC1CCCC(N2CCC(c3c(F)ccc(Cl)c3F)=CC2=O)c2cc(ccn2)-c2ccc(Nc3ncccn3)cc2NC1=O. The first-order valence-corrected chi connectivity index (χ1v) is 14.8. The Morgan fingerprint density at radius 2 is 1.82 bits per heavy atom. The van der Waals surface area contributed by atoms with Gasteiger partial charge in [0.2, 0.25) is 17.8 Å². The third kappa shape index (κ3) is 6.03. The molecule has 2 unspecified atom stereocenters. The number of carbonyl (C=O) groups is 2. The van der Waals surface area contributed by atoms with Gasteiger partial charge in [0.05, 0.1) is 28.0 Å². The molecular formula is C33H29ClF2N6O2. The van der Waals surface area contributed by atoms with Crippen LogP contribution in [0.5, 0.6) is 0 Å². The Kier molecular flexibility index (Phi) is 8.34. The van der Waals surface area contributed by atoms with E-state index in [0.717, 1.165) is 23.3 Å². The highest BCUT2D eigenvalue weighted by atomic mass is 35.5. The first-order chi connectivity index (χ1) is 21.3. The second-order valence-corrected chi connectivity index (χ2v) is 11.3. The predicted octanol–water partition coefficient (Wildman–Crippen LogP) is 7.33. The number of rotatable bonds is 4. The maximum atomic E-state index is 14.8. The van der Waals surface area contributed by atoms with E-state index in [-0.39, 0.29) is 46.9 Å². The largest absolute Gasteiger partial charge is 0.330 e. The molecule has 2 bridgehead atoms. The van der Waals surface area contributed by atoms with E-state index in [9.17, 15) is 18.4 Å². The van der Waals surface area contributed by atoms with Crippen LogP contribution < -0.4 is 10.6 Å². The molecule has 44 heavy (non-hydrogen) atoms.